The second-order valence-corrected chi connectivity index (χ2v) is 8.96. The van der Waals surface area contributed by atoms with Crippen LogP contribution in [-0.2, 0) is 17.6 Å². The summed E-state index contributed by atoms with van der Waals surface area (Å²) < 4.78 is 12.8. The van der Waals surface area contributed by atoms with Crippen molar-refractivity contribution >= 4 is 35.1 Å². The molecule has 0 aliphatic carbocycles. The van der Waals surface area contributed by atoms with Gasteiger partial charge >= 0.3 is 0 Å². The van der Waals surface area contributed by atoms with Crippen LogP contribution in [0.3, 0.4) is 0 Å². The molecule has 172 valence electrons. The third-order valence-corrected chi connectivity index (χ3v) is 6.82. The van der Waals surface area contributed by atoms with Gasteiger partial charge in [0.15, 0.2) is 16.7 Å². The first-order chi connectivity index (χ1) is 15.9. The molecule has 1 aliphatic rings. The van der Waals surface area contributed by atoms with E-state index in [4.69, 9.17) is 21.1 Å². The molecule has 1 aliphatic heterocycles. The molecule has 33 heavy (non-hydrogen) atoms. The molecule has 2 heterocycles. The van der Waals surface area contributed by atoms with E-state index in [-0.39, 0.29) is 17.9 Å². The van der Waals surface area contributed by atoms with Gasteiger partial charge < -0.3 is 19.4 Å². The van der Waals surface area contributed by atoms with Gasteiger partial charge in [0.05, 0.1) is 19.3 Å². The molecule has 1 atom stereocenters. The minimum Gasteiger partial charge on any atom is -0.493 e. The van der Waals surface area contributed by atoms with Crippen molar-refractivity contribution in [2.75, 3.05) is 19.0 Å². The first-order valence-corrected chi connectivity index (χ1v) is 11.9. The zero-order valence-electron chi connectivity index (χ0n) is 18.6. The number of anilines is 1. The van der Waals surface area contributed by atoms with Gasteiger partial charge in [-0.25, -0.2) is 0 Å². The molecule has 1 N–H and O–H groups in total. The van der Waals surface area contributed by atoms with Crippen LogP contribution in [0.4, 0.5) is 5.82 Å². The fourth-order valence-corrected chi connectivity index (χ4v) is 4.90. The number of carbonyl (C=O) groups excluding carboxylic acids is 1. The molecule has 0 saturated heterocycles. The van der Waals surface area contributed by atoms with Crippen molar-refractivity contribution < 1.29 is 14.3 Å². The van der Waals surface area contributed by atoms with E-state index in [2.05, 4.69) is 10.3 Å². The van der Waals surface area contributed by atoms with E-state index >= 15 is 0 Å². The molecule has 0 bridgehead atoms. The second kappa shape index (κ2) is 9.89. The van der Waals surface area contributed by atoms with Gasteiger partial charge in [-0.1, -0.05) is 41.6 Å². The Bertz CT molecular complexity index is 1240. The summed E-state index contributed by atoms with van der Waals surface area (Å²) in [7, 11) is 3.38. The quantitative estimate of drug-likeness (QED) is 0.389. The molecule has 2 aromatic carbocycles. The van der Waals surface area contributed by atoms with E-state index in [1.165, 1.54) is 11.8 Å². The van der Waals surface area contributed by atoms with Crippen LogP contribution in [-0.4, -0.2) is 29.2 Å². The Morgan fingerprint density at radius 1 is 1.18 bits per heavy atom. The lowest BCUT2D eigenvalue weighted by Crippen LogP contribution is -2.33. The molecule has 0 spiro atoms. The van der Waals surface area contributed by atoms with Crippen molar-refractivity contribution in [2.24, 2.45) is 7.05 Å². The van der Waals surface area contributed by atoms with Crippen molar-refractivity contribution in [3.63, 3.8) is 0 Å². The Balaban J connectivity index is 1.71. The topological polar surface area (TPSA) is 82.5 Å². The normalized spacial score (nSPS) is 15.0. The van der Waals surface area contributed by atoms with Gasteiger partial charge in [-0.2, -0.15) is 4.98 Å². The molecule has 0 fully saturated rings. The molecule has 0 unspecified atom stereocenters. The number of nitrogens with zero attached hydrogens (tertiary/aromatic N) is 2. The molecule has 9 heteroatoms. The van der Waals surface area contributed by atoms with Gasteiger partial charge in [-0.05, 0) is 42.3 Å². The molecule has 0 saturated carbocycles. The van der Waals surface area contributed by atoms with Gasteiger partial charge in [0.2, 0.25) is 5.91 Å². The number of thioether (sulfide) groups is 1. The van der Waals surface area contributed by atoms with E-state index in [1.807, 2.05) is 43.3 Å². The molecule has 1 amide bonds. The van der Waals surface area contributed by atoms with Crippen LogP contribution in [0.25, 0.3) is 0 Å². The highest BCUT2D eigenvalue weighted by Crippen LogP contribution is 2.39. The lowest BCUT2D eigenvalue weighted by Gasteiger charge is -2.28. The SMILES string of the molecule is CCOc1cc([C@H]2CC(=O)Nc3c2c(=O)nc(SCc2ccc(Cl)cc2)n3C)ccc1OC. The van der Waals surface area contributed by atoms with Crippen LogP contribution in [0.5, 0.6) is 11.5 Å². The van der Waals surface area contributed by atoms with Crippen molar-refractivity contribution in [2.45, 2.75) is 30.2 Å². The summed E-state index contributed by atoms with van der Waals surface area (Å²) in [4.78, 5) is 30.1. The number of fused-ring (bicyclic) bond motifs is 1. The van der Waals surface area contributed by atoms with E-state index in [9.17, 15) is 9.59 Å². The Kier molecular flexibility index (Phi) is 6.95. The van der Waals surface area contributed by atoms with Gasteiger partial charge in [0.25, 0.3) is 5.56 Å². The highest BCUT2D eigenvalue weighted by atomic mass is 35.5. The smallest absolute Gasteiger partial charge is 0.279 e. The van der Waals surface area contributed by atoms with Crippen molar-refractivity contribution in [1.82, 2.24) is 9.55 Å². The molecule has 7 nitrogen and oxygen atoms in total. The Hall–Kier alpha value is -2.97. The highest BCUT2D eigenvalue weighted by molar-refractivity contribution is 7.98. The first-order valence-electron chi connectivity index (χ1n) is 10.5. The lowest BCUT2D eigenvalue weighted by atomic mass is 9.86. The van der Waals surface area contributed by atoms with Crippen LogP contribution in [0, 0.1) is 0 Å². The van der Waals surface area contributed by atoms with Crippen molar-refractivity contribution in [3.8, 4) is 11.5 Å². The average Bonchev–Trinajstić information content (AvgIpc) is 2.81. The summed E-state index contributed by atoms with van der Waals surface area (Å²) in [6.45, 7) is 2.36. The maximum Gasteiger partial charge on any atom is 0.279 e. The number of nitrogens with one attached hydrogen (secondary N) is 1. The molecule has 4 rings (SSSR count). The van der Waals surface area contributed by atoms with E-state index in [0.717, 1.165) is 11.1 Å². The van der Waals surface area contributed by atoms with E-state index in [0.29, 0.717) is 45.4 Å². The van der Waals surface area contributed by atoms with Crippen LogP contribution >= 0.6 is 23.4 Å². The number of amides is 1. The predicted molar refractivity (Wildman–Crippen MR) is 130 cm³/mol. The first kappa shape index (κ1) is 23.2. The van der Waals surface area contributed by atoms with E-state index in [1.54, 1.807) is 24.8 Å². The Morgan fingerprint density at radius 2 is 1.94 bits per heavy atom. The van der Waals surface area contributed by atoms with Crippen LogP contribution < -0.4 is 20.3 Å². The van der Waals surface area contributed by atoms with Crippen molar-refractivity contribution in [3.05, 3.63) is 74.5 Å². The van der Waals surface area contributed by atoms with E-state index < -0.39 is 5.92 Å². The standard InChI is InChI=1S/C24H24ClN3O4S/c1-4-32-19-11-15(7-10-18(19)31-3)17-12-20(29)26-22-21(17)23(30)27-24(28(22)2)33-13-14-5-8-16(25)9-6-14/h5-11,17H,4,12-13H2,1-3H3,(H,26,29)/t17-/m1/s1. The molecule has 1 aromatic heterocycles. The number of hydrogen-bond acceptors (Lipinski definition) is 6. The Morgan fingerprint density at radius 3 is 2.64 bits per heavy atom. The minimum absolute atomic E-state index is 0.152. The number of methoxy groups -OCH3 is 1. The molecular formula is C24H24ClN3O4S. The summed E-state index contributed by atoms with van der Waals surface area (Å²) in [5, 5.41) is 4.07. The fourth-order valence-electron chi connectivity index (χ4n) is 3.86. The van der Waals surface area contributed by atoms with Gasteiger partial charge in [0.1, 0.15) is 5.82 Å². The predicted octanol–water partition coefficient (Wildman–Crippen LogP) is 4.61. The monoisotopic (exact) mass is 485 g/mol. The zero-order valence-corrected chi connectivity index (χ0v) is 20.1. The third-order valence-electron chi connectivity index (χ3n) is 5.47. The summed E-state index contributed by atoms with van der Waals surface area (Å²) in [6, 6.07) is 13.0. The average molecular weight is 486 g/mol. The minimum atomic E-state index is -0.430. The fraction of sp³-hybridized carbons (Fsp3) is 0.292. The summed E-state index contributed by atoms with van der Waals surface area (Å²) in [6.07, 6.45) is 0.152. The maximum absolute atomic E-state index is 13.2. The van der Waals surface area contributed by atoms with Crippen molar-refractivity contribution in [1.29, 1.82) is 0 Å². The molecule has 3 aromatic rings. The number of hydrogen-bond donors (Lipinski definition) is 1. The van der Waals surface area contributed by atoms with Gasteiger partial charge in [0, 0.05) is 30.2 Å². The highest BCUT2D eigenvalue weighted by Gasteiger charge is 2.32. The second-order valence-electron chi connectivity index (χ2n) is 7.58. The van der Waals surface area contributed by atoms with Crippen LogP contribution in [0.15, 0.2) is 52.4 Å². The number of ether oxygens (including phenoxy) is 2. The maximum atomic E-state index is 13.2. The van der Waals surface area contributed by atoms with Crippen LogP contribution in [0.2, 0.25) is 5.02 Å². The third kappa shape index (κ3) is 4.86. The number of rotatable bonds is 7. The Labute approximate surface area is 201 Å². The summed E-state index contributed by atoms with van der Waals surface area (Å²) in [5.74, 6) is 1.68. The lowest BCUT2D eigenvalue weighted by molar-refractivity contribution is -0.116. The molecule has 0 radical (unpaired) electrons. The summed E-state index contributed by atoms with van der Waals surface area (Å²) in [5.41, 5.74) is 1.98. The summed E-state index contributed by atoms with van der Waals surface area (Å²) >= 11 is 7.38. The van der Waals surface area contributed by atoms with Gasteiger partial charge in [-0.15, -0.1) is 0 Å². The van der Waals surface area contributed by atoms with Gasteiger partial charge in [-0.3, -0.25) is 9.59 Å². The number of halogens is 1. The van der Waals surface area contributed by atoms with Crippen LogP contribution in [0.1, 0.15) is 36.0 Å². The number of benzene rings is 2. The zero-order chi connectivity index (χ0) is 23.5. The number of aromatic nitrogens is 2. The largest absolute Gasteiger partial charge is 0.493 e. The molecular weight excluding hydrogens is 462 g/mol. The number of carbonyl (C=O) groups is 1.